The van der Waals surface area contributed by atoms with Crippen LogP contribution in [0.4, 0.5) is 0 Å². The van der Waals surface area contributed by atoms with Crippen LogP contribution in [0.5, 0.6) is 0 Å². The highest BCUT2D eigenvalue weighted by molar-refractivity contribution is 7.90. The molecule has 0 atom stereocenters. The molecule has 0 fully saturated rings. The zero-order chi connectivity index (χ0) is 17.3. The van der Waals surface area contributed by atoms with Gasteiger partial charge in [-0.25, -0.2) is 17.2 Å². The molecule has 24 heavy (non-hydrogen) atoms. The van der Waals surface area contributed by atoms with Gasteiger partial charge >= 0.3 is 5.97 Å². The van der Waals surface area contributed by atoms with Crippen LogP contribution in [0.3, 0.4) is 0 Å². The van der Waals surface area contributed by atoms with Crippen molar-refractivity contribution in [1.29, 1.82) is 0 Å². The smallest absolute Gasteiger partial charge is 0.328 e. The SMILES string of the molecule is Cc1ccc(S(=O)(=O)n2ccc3c(C=CC(=O)O)cccc32)cc1. The van der Waals surface area contributed by atoms with Gasteiger partial charge in [0.15, 0.2) is 0 Å². The number of hydrogen-bond acceptors (Lipinski definition) is 3. The van der Waals surface area contributed by atoms with Crippen LogP contribution in [0, 0.1) is 6.92 Å². The Balaban J connectivity index is 2.16. The van der Waals surface area contributed by atoms with Crippen LogP contribution in [-0.4, -0.2) is 23.5 Å². The van der Waals surface area contributed by atoms with Gasteiger partial charge in [-0.15, -0.1) is 0 Å². The predicted molar refractivity (Wildman–Crippen MR) is 92.4 cm³/mol. The maximum atomic E-state index is 12.8. The van der Waals surface area contributed by atoms with E-state index in [1.54, 1.807) is 48.5 Å². The van der Waals surface area contributed by atoms with E-state index in [0.717, 1.165) is 11.6 Å². The molecule has 0 aliphatic heterocycles. The van der Waals surface area contributed by atoms with Gasteiger partial charge in [-0.05, 0) is 42.8 Å². The van der Waals surface area contributed by atoms with Gasteiger partial charge in [-0.2, -0.15) is 0 Å². The highest BCUT2D eigenvalue weighted by Crippen LogP contribution is 2.25. The first-order chi connectivity index (χ1) is 11.4. The molecule has 0 saturated heterocycles. The number of carboxylic acids is 1. The minimum atomic E-state index is -3.71. The fourth-order valence-electron chi connectivity index (χ4n) is 2.51. The van der Waals surface area contributed by atoms with Crippen molar-refractivity contribution < 1.29 is 18.3 Å². The number of rotatable bonds is 4. The van der Waals surface area contributed by atoms with Gasteiger partial charge in [0.2, 0.25) is 0 Å². The quantitative estimate of drug-likeness (QED) is 0.739. The first-order valence-corrected chi connectivity index (χ1v) is 8.67. The average molecular weight is 341 g/mol. The van der Waals surface area contributed by atoms with Crippen LogP contribution in [0.25, 0.3) is 17.0 Å². The lowest BCUT2D eigenvalue weighted by Crippen LogP contribution is -2.11. The van der Waals surface area contributed by atoms with Gasteiger partial charge in [0.05, 0.1) is 10.4 Å². The van der Waals surface area contributed by atoms with Crippen LogP contribution in [-0.2, 0) is 14.8 Å². The molecular weight excluding hydrogens is 326 g/mol. The van der Waals surface area contributed by atoms with E-state index in [1.807, 2.05) is 6.92 Å². The zero-order valence-corrected chi connectivity index (χ0v) is 13.7. The number of benzene rings is 2. The van der Waals surface area contributed by atoms with Crippen molar-refractivity contribution >= 4 is 33.0 Å². The van der Waals surface area contributed by atoms with E-state index in [0.29, 0.717) is 16.5 Å². The standard InChI is InChI=1S/C18H15NO4S/c1-13-5-8-15(9-6-13)24(22,23)19-12-11-16-14(7-10-18(20)21)3-2-4-17(16)19/h2-12H,1H3,(H,20,21). The van der Waals surface area contributed by atoms with E-state index in [2.05, 4.69) is 0 Å². The Labute approximate surface area is 139 Å². The summed E-state index contributed by atoms with van der Waals surface area (Å²) in [6.45, 7) is 1.89. The molecule has 0 spiro atoms. The monoisotopic (exact) mass is 341 g/mol. The summed E-state index contributed by atoms with van der Waals surface area (Å²) in [5, 5.41) is 9.44. The number of aromatic nitrogens is 1. The molecule has 0 aliphatic rings. The summed E-state index contributed by atoms with van der Waals surface area (Å²) in [5.74, 6) is -1.06. The van der Waals surface area contributed by atoms with Crippen LogP contribution in [0.1, 0.15) is 11.1 Å². The highest BCUT2D eigenvalue weighted by Gasteiger charge is 2.19. The van der Waals surface area contributed by atoms with E-state index >= 15 is 0 Å². The molecule has 1 N–H and O–H groups in total. The van der Waals surface area contributed by atoms with Crippen LogP contribution in [0.15, 0.2) is 65.7 Å². The fourth-order valence-corrected chi connectivity index (χ4v) is 3.85. The van der Waals surface area contributed by atoms with Crippen LogP contribution >= 0.6 is 0 Å². The lowest BCUT2D eigenvalue weighted by Gasteiger charge is -2.08. The number of fused-ring (bicyclic) bond motifs is 1. The highest BCUT2D eigenvalue weighted by atomic mass is 32.2. The third kappa shape index (κ3) is 2.83. The minimum absolute atomic E-state index is 0.206. The molecule has 1 aromatic heterocycles. The molecule has 3 aromatic rings. The zero-order valence-electron chi connectivity index (χ0n) is 12.9. The summed E-state index contributed by atoms with van der Waals surface area (Å²) in [6, 6.07) is 13.5. The van der Waals surface area contributed by atoms with Crippen molar-refractivity contribution in [3.63, 3.8) is 0 Å². The van der Waals surface area contributed by atoms with Gasteiger partial charge in [-0.1, -0.05) is 29.8 Å². The largest absolute Gasteiger partial charge is 0.478 e. The molecule has 3 rings (SSSR count). The number of carboxylic acid groups (broad SMARTS) is 1. The lowest BCUT2D eigenvalue weighted by molar-refractivity contribution is -0.131. The molecule has 0 radical (unpaired) electrons. The molecule has 122 valence electrons. The van der Waals surface area contributed by atoms with Gasteiger partial charge in [0.1, 0.15) is 0 Å². The molecule has 0 aliphatic carbocycles. The molecule has 5 nitrogen and oxygen atoms in total. The van der Waals surface area contributed by atoms with Crippen molar-refractivity contribution in [3.8, 4) is 0 Å². The molecule has 0 amide bonds. The molecule has 2 aromatic carbocycles. The first kappa shape index (κ1) is 16.0. The average Bonchev–Trinajstić information content (AvgIpc) is 2.98. The summed E-state index contributed by atoms with van der Waals surface area (Å²) in [7, 11) is -3.71. The van der Waals surface area contributed by atoms with Crippen LogP contribution in [0.2, 0.25) is 0 Å². The molecule has 0 bridgehead atoms. The second kappa shape index (κ2) is 5.98. The number of aliphatic carboxylic acids is 1. The Kier molecular flexibility index (Phi) is 3.99. The maximum Gasteiger partial charge on any atom is 0.328 e. The Bertz CT molecular complexity index is 1040. The van der Waals surface area contributed by atoms with Crippen molar-refractivity contribution in [2.75, 3.05) is 0 Å². The van der Waals surface area contributed by atoms with E-state index in [1.165, 1.54) is 16.2 Å². The molecule has 0 unspecified atom stereocenters. The Hall–Kier alpha value is -2.86. The summed E-state index contributed by atoms with van der Waals surface area (Å²) < 4.78 is 26.9. The predicted octanol–water partition coefficient (Wildman–Crippen LogP) is 3.28. The van der Waals surface area contributed by atoms with Crippen molar-refractivity contribution in [3.05, 3.63) is 71.9 Å². The van der Waals surface area contributed by atoms with E-state index in [9.17, 15) is 13.2 Å². The van der Waals surface area contributed by atoms with Gasteiger partial charge in [-0.3, -0.25) is 0 Å². The normalized spacial score (nSPS) is 12.0. The van der Waals surface area contributed by atoms with E-state index in [-0.39, 0.29) is 4.90 Å². The summed E-state index contributed by atoms with van der Waals surface area (Å²) >= 11 is 0. The van der Waals surface area contributed by atoms with Crippen molar-refractivity contribution in [2.45, 2.75) is 11.8 Å². The molecule has 6 heteroatoms. The Morgan fingerprint density at radius 3 is 2.46 bits per heavy atom. The Morgan fingerprint density at radius 1 is 1.08 bits per heavy atom. The maximum absolute atomic E-state index is 12.8. The Morgan fingerprint density at radius 2 is 1.79 bits per heavy atom. The third-order valence-corrected chi connectivity index (χ3v) is 5.42. The molecular formula is C18H15NO4S. The first-order valence-electron chi connectivity index (χ1n) is 7.23. The van der Waals surface area contributed by atoms with Crippen LogP contribution < -0.4 is 0 Å². The lowest BCUT2D eigenvalue weighted by atomic mass is 10.1. The minimum Gasteiger partial charge on any atom is -0.478 e. The van der Waals surface area contributed by atoms with E-state index in [4.69, 9.17) is 5.11 Å². The van der Waals surface area contributed by atoms with Crippen molar-refractivity contribution in [2.24, 2.45) is 0 Å². The van der Waals surface area contributed by atoms with Gasteiger partial charge in [0.25, 0.3) is 10.0 Å². The van der Waals surface area contributed by atoms with Gasteiger partial charge < -0.3 is 5.11 Å². The summed E-state index contributed by atoms with van der Waals surface area (Å²) in [6.07, 6.45) is 3.96. The molecule has 1 heterocycles. The second-order valence-electron chi connectivity index (χ2n) is 5.38. The number of nitrogens with zero attached hydrogens (tertiary/aromatic N) is 1. The number of carbonyl (C=O) groups is 1. The third-order valence-electron chi connectivity index (χ3n) is 3.71. The van der Waals surface area contributed by atoms with E-state index < -0.39 is 16.0 Å². The number of aryl methyl sites for hydroxylation is 1. The summed E-state index contributed by atoms with van der Waals surface area (Å²) in [4.78, 5) is 10.9. The fraction of sp³-hybridized carbons (Fsp3) is 0.0556. The topological polar surface area (TPSA) is 76.4 Å². The van der Waals surface area contributed by atoms with Gasteiger partial charge in [0, 0.05) is 17.7 Å². The summed E-state index contributed by atoms with van der Waals surface area (Å²) in [5.41, 5.74) is 2.13. The second-order valence-corrected chi connectivity index (χ2v) is 7.20. The molecule has 0 saturated carbocycles. The number of hydrogen-bond donors (Lipinski definition) is 1. The van der Waals surface area contributed by atoms with Crippen molar-refractivity contribution in [1.82, 2.24) is 3.97 Å².